The Bertz CT molecular complexity index is 2320. The van der Waals surface area contributed by atoms with Gasteiger partial charge in [0.15, 0.2) is 17.3 Å². The van der Waals surface area contributed by atoms with Gasteiger partial charge in [0, 0.05) is 42.5 Å². The van der Waals surface area contributed by atoms with Crippen LogP contribution < -0.4 is 5.73 Å². The number of rotatable bonds is 12. The number of Topliss-reactive ketones (excluding diaryl/α,β-unsaturated/α-hetero) is 3. The minimum atomic E-state index is -1.09. The summed E-state index contributed by atoms with van der Waals surface area (Å²) < 4.78 is 0. The Labute approximate surface area is 429 Å². The van der Waals surface area contributed by atoms with Crippen molar-refractivity contribution in [3.8, 4) is 12.1 Å². The molecule has 3 saturated carbocycles. The lowest BCUT2D eigenvalue weighted by atomic mass is 9.91. The Morgan fingerprint density at radius 1 is 0.493 bits per heavy atom. The summed E-state index contributed by atoms with van der Waals surface area (Å²) in [6, 6.07) is 24.2. The smallest absolute Gasteiger partial charge is 0.337 e. The first-order chi connectivity index (χ1) is 33.3. The Hall–Kier alpha value is -4.54. The molecule has 3 aliphatic carbocycles. The first kappa shape index (κ1) is 57.0. The first-order valence-corrected chi connectivity index (χ1v) is 26.3. The second-order valence-electron chi connectivity index (χ2n) is 18.6. The van der Waals surface area contributed by atoms with Crippen LogP contribution in [-0.4, -0.2) is 28.4 Å². The summed E-state index contributed by atoms with van der Waals surface area (Å²) in [4.78, 5) is 47.4. The molecule has 0 saturated heterocycles. The summed E-state index contributed by atoms with van der Waals surface area (Å²) >= 11 is 24.1. The van der Waals surface area contributed by atoms with Crippen LogP contribution in [0, 0.1) is 40.4 Å². The van der Waals surface area contributed by atoms with Crippen molar-refractivity contribution >= 4 is 69.7 Å². The van der Waals surface area contributed by atoms with Crippen molar-refractivity contribution in [2.75, 3.05) is 0 Å². The third-order valence-corrected chi connectivity index (χ3v) is 14.6. The van der Waals surface area contributed by atoms with Crippen molar-refractivity contribution < 1.29 is 24.3 Å². The van der Waals surface area contributed by atoms with E-state index in [0.717, 1.165) is 24.8 Å². The van der Waals surface area contributed by atoms with E-state index < -0.39 is 5.97 Å². The minimum absolute atomic E-state index is 0.00988. The monoisotopic (exact) mass is 1010 g/mol. The summed E-state index contributed by atoms with van der Waals surface area (Å²) in [5.41, 5.74) is 10.5. The van der Waals surface area contributed by atoms with E-state index in [0.29, 0.717) is 86.4 Å². The van der Waals surface area contributed by atoms with Gasteiger partial charge in [-0.2, -0.15) is 10.5 Å². The number of benzene rings is 4. The summed E-state index contributed by atoms with van der Waals surface area (Å²) in [7, 11) is 0. The number of hydrogen-bond acceptors (Lipinski definition) is 7. The molecule has 0 spiro atoms. The van der Waals surface area contributed by atoms with Gasteiger partial charge >= 0.3 is 5.97 Å². The van der Waals surface area contributed by atoms with Gasteiger partial charge in [0.2, 0.25) is 0 Å². The Morgan fingerprint density at radius 2 is 0.797 bits per heavy atom. The van der Waals surface area contributed by atoms with E-state index in [9.17, 15) is 19.2 Å². The normalized spacial score (nSPS) is 15.6. The number of carbonyl (C=O) groups is 4. The second-order valence-corrected chi connectivity index (χ2v) is 20.2. The molecule has 7 rings (SSSR count). The Kier molecular flexibility index (Phi) is 25.6. The number of nitrogens with two attached hydrogens (primary N) is 1. The highest BCUT2D eigenvalue weighted by atomic mass is 35.5. The molecule has 69 heavy (non-hydrogen) atoms. The maximum atomic E-state index is 12.4. The number of ketones is 3. The molecule has 0 unspecified atom stereocenters. The topological polar surface area (TPSA) is 162 Å². The van der Waals surface area contributed by atoms with Crippen LogP contribution in [-0.2, 0) is 13.0 Å². The number of nitriles is 2. The second kappa shape index (κ2) is 30.9. The van der Waals surface area contributed by atoms with Crippen LogP contribution in [0.1, 0.15) is 205 Å². The van der Waals surface area contributed by atoms with Crippen molar-refractivity contribution in [3.63, 3.8) is 0 Å². The van der Waals surface area contributed by atoms with E-state index in [4.69, 9.17) is 67.8 Å². The van der Waals surface area contributed by atoms with Gasteiger partial charge in [-0.25, -0.2) is 4.79 Å². The standard InChI is InChI=1S/C17H23ClO.C16H22ClNO.C16H18ClNO.C8H4ClNO2/c1-2-13-9-10-15(16(18)11-13)17(19)12-14-7-5-3-4-6-8-14;2*17-15-9-13(11-18)7-8-14(15)16(19)10-12-5-3-1-2-4-6-12;9-7-3-5(4-10)1-2-6(7)8(11)12/h9-11,14H,2-8,12H2,1H3;7-9,12H,1-6,10-11,18H2;7-9,12H,1-6,10H2;1-3H,(H,11,12). The van der Waals surface area contributed by atoms with Crippen LogP contribution in [0.15, 0.2) is 72.8 Å². The average molecular weight is 1020 g/mol. The molecule has 0 atom stereocenters. The SMILES string of the molecule is CCc1ccc(C(=O)CC2CCCCCC2)c(Cl)c1.N#Cc1ccc(C(=O)CC2CCCCCC2)c(Cl)c1.N#Cc1ccc(C(=O)O)c(Cl)c1.NCc1ccc(C(=O)CC2CCCCCC2)c(Cl)c1. The fourth-order valence-electron chi connectivity index (χ4n) is 9.31. The van der Waals surface area contributed by atoms with Gasteiger partial charge in [-0.3, -0.25) is 14.4 Å². The van der Waals surface area contributed by atoms with Crippen molar-refractivity contribution in [2.45, 2.75) is 155 Å². The quantitative estimate of drug-likeness (QED) is 0.105. The highest BCUT2D eigenvalue weighted by Gasteiger charge is 2.22. The highest BCUT2D eigenvalue weighted by Crippen LogP contribution is 2.31. The number of halogens is 4. The zero-order chi connectivity index (χ0) is 50.1. The fraction of sp³-hybridized carbons (Fsp3) is 0.474. The van der Waals surface area contributed by atoms with Gasteiger partial charge in [-0.05, 0) is 96.0 Å². The zero-order valence-electron chi connectivity index (χ0n) is 40.0. The van der Waals surface area contributed by atoms with E-state index in [1.807, 2.05) is 48.5 Å². The molecule has 0 radical (unpaired) electrons. The maximum Gasteiger partial charge on any atom is 0.337 e. The largest absolute Gasteiger partial charge is 0.478 e. The molecule has 0 aliphatic heterocycles. The molecule has 3 aliphatic rings. The van der Waals surface area contributed by atoms with E-state index in [2.05, 4.69) is 6.92 Å². The van der Waals surface area contributed by atoms with Crippen LogP contribution in [0.4, 0.5) is 0 Å². The van der Waals surface area contributed by atoms with Gasteiger partial charge in [-0.1, -0.05) is 181 Å². The van der Waals surface area contributed by atoms with Gasteiger partial charge in [0.05, 0.1) is 48.9 Å². The molecule has 4 aromatic carbocycles. The molecule has 3 N–H and O–H groups in total. The Balaban J connectivity index is 0.000000203. The fourth-order valence-corrected chi connectivity index (χ4v) is 10.5. The van der Waals surface area contributed by atoms with E-state index >= 15 is 0 Å². The number of carbonyl (C=O) groups excluding carboxylic acids is 3. The Morgan fingerprint density at radius 3 is 1.09 bits per heavy atom. The predicted octanol–water partition coefficient (Wildman–Crippen LogP) is 16.5. The molecule has 8 nitrogen and oxygen atoms in total. The lowest BCUT2D eigenvalue weighted by Crippen LogP contribution is -2.09. The zero-order valence-corrected chi connectivity index (χ0v) is 43.0. The lowest BCUT2D eigenvalue weighted by molar-refractivity contribution is 0.0696. The number of carboxylic acid groups (broad SMARTS) is 1. The summed E-state index contributed by atoms with van der Waals surface area (Å²) in [5, 5.41) is 27.4. The third kappa shape index (κ3) is 19.6. The number of nitrogens with zero attached hydrogens (tertiary/aromatic N) is 2. The van der Waals surface area contributed by atoms with Gasteiger partial charge < -0.3 is 10.8 Å². The first-order valence-electron chi connectivity index (χ1n) is 24.8. The number of carboxylic acids is 1. The van der Waals surface area contributed by atoms with Crippen LogP contribution in [0.25, 0.3) is 0 Å². The molecule has 368 valence electrons. The minimum Gasteiger partial charge on any atom is -0.478 e. The molecular weight excluding hydrogens is 948 g/mol. The number of hydrogen-bond donors (Lipinski definition) is 2. The maximum absolute atomic E-state index is 12.4. The highest BCUT2D eigenvalue weighted by molar-refractivity contribution is 6.35. The summed E-state index contributed by atoms with van der Waals surface area (Å²) in [5.74, 6) is 1.03. The summed E-state index contributed by atoms with van der Waals surface area (Å²) in [6.07, 6.45) is 25.4. The van der Waals surface area contributed by atoms with Crippen LogP contribution in [0.2, 0.25) is 20.1 Å². The van der Waals surface area contributed by atoms with E-state index in [1.54, 1.807) is 18.2 Å². The van der Waals surface area contributed by atoms with Gasteiger partial charge in [0.1, 0.15) is 0 Å². The molecule has 3 fully saturated rings. The van der Waals surface area contributed by atoms with Crippen LogP contribution >= 0.6 is 46.4 Å². The molecule has 0 amide bonds. The molecular formula is C57H67Cl4N3O5. The molecule has 4 aromatic rings. The molecule has 12 heteroatoms. The summed E-state index contributed by atoms with van der Waals surface area (Å²) in [6.45, 7) is 2.55. The van der Waals surface area contributed by atoms with Crippen LogP contribution in [0.3, 0.4) is 0 Å². The van der Waals surface area contributed by atoms with E-state index in [-0.39, 0.29) is 27.9 Å². The number of aryl methyl sites for hydroxylation is 1. The van der Waals surface area contributed by atoms with Gasteiger partial charge in [-0.15, -0.1) is 0 Å². The van der Waals surface area contributed by atoms with Crippen molar-refractivity contribution in [1.29, 1.82) is 10.5 Å². The van der Waals surface area contributed by atoms with Crippen molar-refractivity contribution in [1.82, 2.24) is 0 Å². The molecule has 0 aromatic heterocycles. The van der Waals surface area contributed by atoms with Gasteiger partial charge in [0.25, 0.3) is 0 Å². The molecule has 0 heterocycles. The van der Waals surface area contributed by atoms with E-state index in [1.165, 1.54) is 126 Å². The number of aromatic carboxylic acids is 1. The van der Waals surface area contributed by atoms with Crippen LogP contribution in [0.5, 0.6) is 0 Å². The lowest BCUT2D eigenvalue weighted by Gasteiger charge is -2.13. The molecule has 0 bridgehead atoms. The third-order valence-electron chi connectivity index (χ3n) is 13.4. The predicted molar refractivity (Wildman–Crippen MR) is 280 cm³/mol. The van der Waals surface area contributed by atoms with Crippen molar-refractivity contribution in [2.24, 2.45) is 23.5 Å². The average Bonchev–Trinajstić information content (AvgIpc) is 3.88. The van der Waals surface area contributed by atoms with Crippen molar-refractivity contribution in [3.05, 3.63) is 137 Å².